The minimum Gasteiger partial charge on any atom is -0.494 e. The smallest absolute Gasteiger partial charge is 0.279 e. The molecule has 0 saturated heterocycles. The molecule has 0 atom stereocenters. The number of amides is 1. The third-order valence-corrected chi connectivity index (χ3v) is 8.26. The Labute approximate surface area is 209 Å². The highest BCUT2D eigenvalue weighted by atomic mass is 32.2. The van der Waals surface area contributed by atoms with Gasteiger partial charge in [0.15, 0.2) is 4.80 Å². The lowest BCUT2D eigenvalue weighted by molar-refractivity contribution is 0.0997. The molecule has 190 valence electrons. The van der Waals surface area contributed by atoms with Gasteiger partial charge in [0.05, 0.1) is 34.9 Å². The number of aromatic nitrogens is 1. The molecule has 0 aliphatic heterocycles. The third kappa shape index (κ3) is 6.36. The molecule has 0 saturated carbocycles. The van der Waals surface area contributed by atoms with Gasteiger partial charge in [0.25, 0.3) is 5.91 Å². The molecule has 3 aromatic rings. The second-order valence-electron chi connectivity index (χ2n) is 7.52. The van der Waals surface area contributed by atoms with Crippen LogP contribution in [0.2, 0.25) is 0 Å². The van der Waals surface area contributed by atoms with Gasteiger partial charge in [-0.3, -0.25) is 4.79 Å². The monoisotopic (exact) mass is 521 g/mol. The summed E-state index contributed by atoms with van der Waals surface area (Å²) in [4.78, 5) is 17.9. The van der Waals surface area contributed by atoms with Crippen molar-refractivity contribution in [1.29, 1.82) is 0 Å². The first-order chi connectivity index (χ1) is 16.8. The van der Waals surface area contributed by atoms with E-state index in [4.69, 9.17) is 14.2 Å². The largest absolute Gasteiger partial charge is 0.494 e. The van der Waals surface area contributed by atoms with Gasteiger partial charge in [-0.25, -0.2) is 8.42 Å². The van der Waals surface area contributed by atoms with Crippen LogP contribution in [0.15, 0.2) is 52.4 Å². The van der Waals surface area contributed by atoms with E-state index in [-0.39, 0.29) is 31.2 Å². The minimum atomic E-state index is -3.77. The molecule has 1 heterocycles. The fourth-order valence-electron chi connectivity index (χ4n) is 3.51. The Morgan fingerprint density at radius 1 is 1.03 bits per heavy atom. The highest BCUT2D eigenvalue weighted by Crippen LogP contribution is 2.24. The number of hydrogen-bond acceptors (Lipinski definition) is 7. The standard InChI is InChI=1S/C24H31N3O6S2/c1-5-27-21-12-9-19(33-6-2)17-22(21)34-24(27)25-23(28)18-7-10-20(11-8-18)35(29,30)26(13-15-31-3)14-16-32-4/h7-12,17H,5-6,13-16H2,1-4H3. The Balaban J connectivity index is 1.89. The number of carbonyl (C=O) groups is 1. The number of fused-ring (bicyclic) bond motifs is 1. The average Bonchev–Trinajstić information content (AvgIpc) is 3.20. The maximum absolute atomic E-state index is 13.1. The molecule has 0 fully saturated rings. The number of methoxy groups -OCH3 is 2. The van der Waals surface area contributed by atoms with Crippen LogP contribution in [0.4, 0.5) is 0 Å². The van der Waals surface area contributed by atoms with Crippen molar-refractivity contribution in [3.05, 3.63) is 52.8 Å². The van der Waals surface area contributed by atoms with E-state index in [0.29, 0.717) is 23.5 Å². The summed E-state index contributed by atoms with van der Waals surface area (Å²) >= 11 is 1.41. The van der Waals surface area contributed by atoms with E-state index in [0.717, 1.165) is 16.0 Å². The number of rotatable bonds is 12. The number of ether oxygens (including phenoxy) is 3. The van der Waals surface area contributed by atoms with Gasteiger partial charge < -0.3 is 18.8 Å². The molecule has 0 spiro atoms. The summed E-state index contributed by atoms with van der Waals surface area (Å²) in [6.45, 7) is 6.06. The van der Waals surface area contributed by atoms with E-state index in [9.17, 15) is 13.2 Å². The van der Waals surface area contributed by atoms with Crippen LogP contribution in [0, 0.1) is 0 Å². The van der Waals surface area contributed by atoms with E-state index in [1.165, 1.54) is 54.1 Å². The van der Waals surface area contributed by atoms with Crippen molar-refractivity contribution in [2.75, 3.05) is 47.1 Å². The van der Waals surface area contributed by atoms with Crippen LogP contribution in [0.3, 0.4) is 0 Å². The fraction of sp³-hybridized carbons (Fsp3) is 0.417. The lowest BCUT2D eigenvalue weighted by Crippen LogP contribution is -2.36. The van der Waals surface area contributed by atoms with Crippen molar-refractivity contribution >= 4 is 37.5 Å². The average molecular weight is 522 g/mol. The highest BCUT2D eigenvalue weighted by molar-refractivity contribution is 7.89. The van der Waals surface area contributed by atoms with Crippen molar-refractivity contribution in [1.82, 2.24) is 8.87 Å². The van der Waals surface area contributed by atoms with Gasteiger partial charge in [0, 0.05) is 39.4 Å². The second kappa shape index (κ2) is 12.4. The SMILES string of the molecule is CCOc1ccc2c(c1)sc(=NC(=O)c1ccc(S(=O)(=O)N(CCOC)CCOC)cc1)n2CC. The van der Waals surface area contributed by atoms with Crippen LogP contribution in [-0.2, 0) is 26.0 Å². The summed E-state index contributed by atoms with van der Waals surface area (Å²) < 4.78 is 46.0. The van der Waals surface area contributed by atoms with Crippen LogP contribution in [0.25, 0.3) is 10.2 Å². The molecular weight excluding hydrogens is 490 g/mol. The van der Waals surface area contributed by atoms with Crippen molar-refractivity contribution in [2.45, 2.75) is 25.3 Å². The Kier molecular flexibility index (Phi) is 9.58. The van der Waals surface area contributed by atoms with Gasteiger partial charge in [0.2, 0.25) is 10.0 Å². The Morgan fingerprint density at radius 2 is 1.69 bits per heavy atom. The third-order valence-electron chi connectivity index (χ3n) is 5.31. The maximum atomic E-state index is 13.1. The number of thiazole rings is 1. The summed E-state index contributed by atoms with van der Waals surface area (Å²) in [6, 6.07) is 11.6. The molecule has 2 aromatic carbocycles. The summed E-state index contributed by atoms with van der Waals surface area (Å²) in [6.07, 6.45) is 0. The maximum Gasteiger partial charge on any atom is 0.279 e. The number of sulfonamides is 1. The number of aryl methyl sites for hydroxylation is 1. The number of nitrogens with zero attached hydrogens (tertiary/aromatic N) is 3. The van der Waals surface area contributed by atoms with Crippen molar-refractivity contribution in [3.8, 4) is 5.75 Å². The number of carbonyl (C=O) groups excluding carboxylic acids is 1. The number of hydrogen-bond donors (Lipinski definition) is 0. The topological polar surface area (TPSA) is 99.4 Å². The Bertz CT molecular complexity index is 1310. The second-order valence-corrected chi connectivity index (χ2v) is 10.5. The highest BCUT2D eigenvalue weighted by Gasteiger charge is 2.24. The fourth-order valence-corrected chi connectivity index (χ4v) is 6.04. The van der Waals surface area contributed by atoms with E-state index in [1.807, 2.05) is 36.6 Å². The summed E-state index contributed by atoms with van der Waals surface area (Å²) in [5, 5.41) is 0. The molecule has 0 aliphatic rings. The van der Waals surface area contributed by atoms with E-state index in [1.54, 1.807) is 0 Å². The van der Waals surface area contributed by atoms with Gasteiger partial charge in [-0.15, -0.1) is 0 Å². The van der Waals surface area contributed by atoms with Gasteiger partial charge in [-0.2, -0.15) is 9.30 Å². The Morgan fingerprint density at radius 3 is 2.26 bits per heavy atom. The van der Waals surface area contributed by atoms with E-state index >= 15 is 0 Å². The molecule has 1 amide bonds. The molecule has 35 heavy (non-hydrogen) atoms. The Hall–Kier alpha value is -2.57. The lowest BCUT2D eigenvalue weighted by atomic mass is 10.2. The predicted molar refractivity (Wildman–Crippen MR) is 136 cm³/mol. The zero-order chi connectivity index (χ0) is 25.4. The molecule has 0 unspecified atom stereocenters. The normalized spacial score (nSPS) is 12.5. The molecular formula is C24H31N3O6S2. The summed E-state index contributed by atoms with van der Waals surface area (Å²) in [7, 11) is -0.735. The lowest BCUT2D eigenvalue weighted by Gasteiger charge is -2.21. The van der Waals surface area contributed by atoms with Crippen molar-refractivity contribution in [2.24, 2.45) is 4.99 Å². The van der Waals surface area contributed by atoms with Crippen molar-refractivity contribution in [3.63, 3.8) is 0 Å². The molecule has 0 bridgehead atoms. The first kappa shape index (κ1) is 27.0. The molecule has 1 aromatic heterocycles. The van der Waals surface area contributed by atoms with Crippen LogP contribution >= 0.6 is 11.3 Å². The molecule has 0 aliphatic carbocycles. The first-order valence-corrected chi connectivity index (χ1v) is 13.5. The predicted octanol–water partition coefficient (Wildman–Crippen LogP) is 3.15. The summed E-state index contributed by atoms with van der Waals surface area (Å²) in [5.41, 5.74) is 1.28. The van der Waals surface area contributed by atoms with E-state index in [2.05, 4.69) is 4.99 Å². The van der Waals surface area contributed by atoms with Gasteiger partial charge in [-0.05, 0) is 56.3 Å². The van der Waals surface area contributed by atoms with Gasteiger partial charge in [-0.1, -0.05) is 11.3 Å². The van der Waals surface area contributed by atoms with Crippen LogP contribution < -0.4 is 9.54 Å². The van der Waals surface area contributed by atoms with Crippen LogP contribution in [0.1, 0.15) is 24.2 Å². The molecule has 0 radical (unpaired) electrons. The van der Waals surface area contributed by atoms with Crippen molar-refractivity contribution < 1.29 is 27.4 Å². The molecule has 9 nitrogen and oxygen atoms in total. The van der Waals surface area contributed by atoms with Crippen LogP contribution in [0.5, 0.6) is 5.75 Å². The molecule has 0 N–H and O–H groups in total. The van der Waals surface area contributed by atoms with Gasteiger partial charge >= 0.3 is 0 Å². The van der Waals surface area contributed by atoms with Gasteiger partial charge in [0.1, 0.15) is 5.75 Å². The minimum absolute atomic E-state index is 0.0928. The quantitative estimate of drug-likeness (QED) is 0.363. The molecule has 3 rings (SSSR count). The zero-order valence-electron chi connectivity index (χ0n) is 20.4. The summed E-state index contributed by atoms with van der Waals surface area (Å²) in [5.74, 6) is 0.326. The molecule has 11 heteroatoms. The van der Waals surface area contributed by atoms with Crippen LogP contribution in [-0.4, -0.2) is 70.3 Å². The zero-order valence-corrected chi connectivity index (χ0v) is 22.0. The number of benzene rings is 2. The van der Waals surface area contributed by atoms with E-state index < -0.39 is 15.9 Å². The first-order valence-electron chi connectivity index (χ1n) is 11.3.